The Morgan fingerprint density at radius 2 is 1.00 bits per heavy atom. The Labute approximate surface area is 269 Å². The maximum atomic E-state index is 6.72. The van der Waals surface area contributed by atoms with Crippen LogP contribution in [0, 0.1) is 0 Å². The van der Waals surface area contributed by atoms with Crippen LogP contribution in [0.25, 0.3) is 44.8 Å². The lowest BCUT2D eigenvalue weighted by Crippen LogP contribution is -2.08. The van der Waals surface area contributed by atoms with E-state index in [9.17, 15) is 0 Å². The highest BCUT2D eigenvalue weighted by atomic mass is 14.9. The Hall–Kier alpha value is -6.13. The van der Waals surface area contributed by atoms with Crippen LogP contribution in [0.1, 0.15) is 16.7 Å². The van der Waals surface area contributed by atoms with Crippen LogP contribution >= 0.6 is 0 Å². The number of aromatic nitrogens is 2. The van der Waals surface area contributed by atoms with E-state index in [1.54, 1.807) is 12.4 Å². The largest absolute Gasteiger partial charge is 0.398 e. The van der Waals surface area contributed by atoms with Crippen LogP contribution in [0.5, 0.6) is 0 Å². The lowest BCUT2D eigenvalue weighted by molar-refractivity contribution is 1.06. The molecule has 0 aliphatic carbocycles. The quantitative estimate of drug-likeness (QED) is 0.141. The van der Waals surface area contributed by atoms with Crippen molar-refractivity contribution >= 4 is 11.4 Å². The molecule has 0 bridgehead atoms. The number of aliphatic imine (C=N–C) groups is 1. The van der Waals surface area contributed by atoms with Crippen LogP contribution in [0.3, 0.4) is 0 Å². The van der Waals surface area contributed by atoms with Gasteiger partial charge in [0.15, 0.2) is 5.82 Å². The van der Waals surface area contributed by atoms with Gasteiger partial charge in [0.1, 0.15) is 0 Å². The summed E-state index contributed by atoms with van der Waals surface area (Å²) >= 11 is 0. The van der Waals surface area contributed by atoms with Gasteiger partial charge in [-0.2, -0.15) is 0 Å². The Morgan fingerprint density at radius 3 is 1.63 bits per heavy atom. The fourth-order valence-electron chi connectivity index (χ4n) is 5.70. The molecule has 0 saturated carbocycles. The van der Waals surface area contributed by atoms with Crippen molar-refractivity contribution in [2.24, 2.45) is 4.99 Å². The van der Waals surface area contributed by atoms with Gasteiger partial charge in [-0.15, -0.1) is 0 Å². The predicted octanol–water partition coefficient (Wildman–Crippen LogP) is 9.76. The van der Waals surface area contributed by atoms with Crippen LogP contribution in [0.2, 0.25) is 0 Å². The van der Waals surface area contributed by atoms with Gasteiger partial charge in [-0.25, -0.2) is 9.97 Å². The maximum absolute atomic E-state index is 6.72. The molecule has 0 aliphatic heterocycles. The van der Waals surface area contributed by atoms with E-state index in [1.165, 1.54) is 11.1 Å². The van der Waals surface area contributed by atoms with Crippen LogP contribution in [-0.4, -0.2) is 15.7 Å². The molecule has 7 rings (SSSR count). The van der Waals surface area contributed by atoms with Crippen LogP contribution < -0.4 is 5.73 Å². The fourth-order valence-corrected chi connectivity index (χ4v) is 5.70. The van der Waals surface area contributed by atoms with Crippen molar-refractivity contribution in [3.8, 4) is 44.8 Å². The first-order valence-corrected chi connectivity index (χ1v) is 15.3. The van der Waals surface area contributed by atoms with Gasteiger partial charge in [0.2, 0.25) is 0 Å². The molecule has 220 valence electrons. The zero-order chi connectivity index (χ0) is 31.1. The van der Waals surface area contributed by atoms with Crippen molar-refractivity contribution in [3.63, 3.8) is 0 Å². The minimum Gasteiger partial charge on any atom is -0.398 e. The molecule has 0 spiro atoms. The molecule has 7 aromatic rings. The monoisotopic (exact) mass is 592 g/mol. The van der Waals surface area contributed by atoms with Crippen molar-refractivity contribution in [1.29, 1.82) is 0 Å². The average Bonchev–Trinajstić information content (AvgIpc) is 3.14. The maximum Gasteiger partial charge on any atom is 0.159 e. The second-order valence-corrected chi connectivity index (χ2v) is 11.1. The highest BCUT2D eigenvalue weighted by Gasteiger charge is 2.13. The van der Waals surface area contributed by atoms with Gasteiger partial charge in [-0.1, -0.05) is 127 Å². The van der Waals surface area contributed by atoms with Crippen molar-refractivity contribution in [3.05, 3.63) is 187 Å². The van der Waals surface area contributed by atoms with Gasteiger partial charge in [-0.05, 0) is 69.3 Å². The van der Waals surface area contributed by atoms with Crippen molar-refractivity contribution in [2.45, 2.75) is 6.54 Å². The molecule has 0 aliphatic rings. The van der Waals surface area contributed by atoms with Crippen LogP contribution in [-0.2, 0) is 6.54 Å². The summed E-state index contributed by atoms with van der Waals surface area (Å²) in [5.41, 5.74) is 19.0. The molecule has 4 nitrogen and oxygen atoms in total. The first-order chi connectivity index (χ1) is 22.7. The summed E-state index contributed by atoms with van der Waals surface area (Å²) in [5.74, 6) is 0.680. The number of nitrogens with two attached hydrogens (primary N) is 1. The van der Waals surface area contributed by atoms with E-state index in [2.05, 4.69) is 113 Å². The molecule has 46 heavy (non-hydrogen) atoms. The molecule has 0 atom stereocenters. The second-order valence-electron chi connectivity index (χ2n) is 11.1. The zero-order valence-corrected chi connectivity index (χ0v) is 25.3. The van der Waals surface area contributed by atoms with Crippen LogP contribution in [0.15, 0.2) is 175 Å². The van der Waals surface area contributed by atoms with Gasteiger partial charge >= 0.3 is 0 Å². The van der Waals surface area contributed by atoms with Gasteiger partial charge in [0.25, 0.3) is 0 Å². The molecule has 0 saturated heterocycles. The molecular formula is C42H32N4. The summed E-state index contributed by atoms with van der Waals surface area (Å²) in [6.45, 7) is 0.458. The van der Waals surface area contributed by atoms with E-state index >= 15 is 0 Å². The molecule has 6 aromatic carbocycles. The summed E-state index contributed by atoms with van der Waals surface area (Å²) in [5, 5.41) is 0. The summed E-state index contributed by atoms with van der Waals surface area (Å²) < 4.78 is 0. The highest BCUT2D eigenvalue weighted by molar-refractivity contribution is 6.16. The predicted molar refractivity (Wildman–Crippen MR) is 190 cm³/mol. The van der Waals surface area contributed by atoms with Crippen LogP contribution in [0.4, 0.5) is 5.69 Å². The number of benzene rings is 6. The summed E-state index contributed by atoms with van der Waals surface area (Å²) in [6.07, 6.45) is 3.55. The number of anilines is 1. The number of nitrogens with zero attached hydrogens (tertiary/aromatic N) is 3. The lowest BCUT2D eigenvalue weighted by Gasteiger charge is -2.14. The molecular weight excluding hydrogens is 560 g/mol. The summed E-state index contributed by atoms with van der Waals surface area (Å²) in [6, 6.07) is 54.2. The smallest absolute Gasteiger partial charge is 0.159 e. The fraction of sp³-hybridized carbons (Fsp3) is 0.0238. The lowest BCUT2D eigenvalue weighted by atomic mass is 9.96. The van der Waals surface area contributed by atoms with Gasteiger partial charge in [0.05, 0.1) is 12.3 Å². The minimum atomic E-state index is 0.458. The van der Waals surface area contributed by atoms with E-state index in [-0.39, 0.29) is 0 Å². The van der Waals surface area contributed by atoms with E-state index in [4.69, 9.17) is 10.7 Å². The summed E-state index contributed by atoms with van der Waals surface area (Å²) in [7, 11) is 0. The first-order valence-electron chi connectivity index (χ1n) is 15.3. The zero-order valence-electron chi connectivity index (χ0n) is 25.3. The first kappa shape index (κ1) is 28.6. The molecule has 0 radical (unpaired) electrons. The molecule has 2 N–H and O–H groups in total. The molecule has 0 amide bonds. The molecule has 1 aromatic heterocycles. The molecule has 0 unspecified atom stereocenters. The number of rotatable bonds is 8. The van der Waals surface area contributed by atoms with E-state index in [0.717, 1.165) is 50.2 Å². The third-order valence-corrected chi connectivity index (χ3v) is 8.02. The Bertz CT molecular complexity index is 2090. The Kier molecular flexibility index (Phi) is 8.24. The van der Waals surface area contributed by atoms with E-state index in [0.29, 0.717) is 18.1 Å². The number of hydrogen-bond acceptors (Lipinski definition) is 4. The SMILES string of the molecule is Nc1cc(-c2ccccc2)ccc1/C(=N\Cc1cc(-c2ccc(-c3ccccc3)cc2)cc(-c2ncccn2)c1)c1ccccc1. The Balaban J connectivity index is 1.28. The second kappa shape index (κ2) is 13.2. The van der Waals surface area contributed by atoms with Gasteiger partial charge < -0.3 is 5.73 Å². The van der Waals surface area contributed by atoms with Crippen molar-refractivity contribution < 1.29 is 0 Å². The van der Waals surface area contributed by atoms with E-state index < -0.39 is 0 Å². The number of nitrogen functional groups attached to an aromatic ring is 1. The van der Waals surface area contributed by atoms with Gasteiger partial charge in [0, 0.05) is 34.8 Å². The van der Waals surface area contributed by atoms with E-state index in [1.807, 2.05) is 54.6 Å². The highest BCUT2D eigenvalue weighted by Crippen LogP contribution is 2.30. The molecule has 0 fully saturated rings. The number of hydrogen-bond donors (Lipinski definition) is 1. The minimum absolute atomic E-state index is 0.458. The average molecular weight is 593 g/mol. The van der Waals surface area contributed by atoms with Gasteiger partial charge in [-0.3, -0.25) is 4.99 Å². The Morgan fingerprint density at radius 1 is 0.478 bits per heavy atom. The topological polar surface area (TPSA) is 64.2 Å². The van der Waals surface area contributed by atoms with Crippen molar-refractivity contribution in [1.82, 2.24) is 9.97 Å². The summed E-state index contributed by atoms with van der Waals surface area (Å²) in [4.78, 5) is 14.3. The third-order valence-electron chi connectivity index (χ3n) is 8.02. The van der Waals surface area contributed by atoms with Crippen molar-refractivity contribution in [2.75, 3.05) is 5.73 Å². The molecule has 4 heteroatoms. The standard InChI is InChI=1S/C42H32N4/c43-40-28-36(32-13-6-2-7-14-32)21-22-39(40)41(35-15-8-3-9-16-35)46-29-30-25-37(27-38(26-30)42-44-23-10-24-45-42)34-19-17-33(18-20-34)31-11-4-1-5-12-31/h1-28H,29,43H2/b46-41-. The normalized spacial score (nSPS) is 11.3. The third kappa shape index (κ3) is 6.37. The molecule has 1 heterocycles.